The van der Waals surface area contributed by atoms with Crippen LogP contribution in [-0.4, -0.2) is 7.11 Å². The van der Waals surface area contributed by atoms with Gasteiger partial charge >= 0.3 is 0 Å². The molecule has 0 aromatic carbocycles. The highest BCUT2D eigenvalue weighted by molar-refractivity contribution is 5.34. The highest BCUT2D eigenvalue weighted by Gasteiger charge is 1.98. The predicted octanol–water partition coefficient (Wildman–Crippen LogP) is 2.95. The van der Waals surface area contributed by atoms with Gasteiger partial charge in [-0.3, -0.25) is 0 Å². The van der Waals surface area contributed by atoms with Crippen molar-refractivity contribution >= 4 is 0 Å². The normalized spacial score (nSPS) is 12.2. The smallest absolute Gasteiger partial charge is 0.111 e. The first kappa shape index (κ1) is 11.5. The van der Waals surface area contributed by atoms with Crippen LogP contribution in [0.25, 0.3) is 0 Å². The summed E-state index contributed by atoms with van der Waals surface area (Å²) in [4.78, 5) is 0. The fourth-order valence-electron chi connectivity index (χ4n) is 0.947. The van der Waals surface area contributed by atoms with E-state index in [0.29, 0.717) is 12.2 Å². The summed E-state index contributed by atoms with van der Waals surface area (Å²) in [5.41, 5.74) is 2.04. The number of ether oxygens (including phenoxy) is 1. The van der Waals surface area contributed by atoms with Crippen molar-refractivity contribution in [2.24, 2.45) is 0 Å². The Morgan fingerprint density at radius 3 is 2.62 bits per heavy atom. The molecule has 0 aliphatic carbocycles. The lowest BCUT2D eigenvalue weighted by Gasteiger charge is -2.04. The molecule has 0 heterocycles. The van der Waals surface area contributed by atoms with E-state index >= 15 is 0 Å². The summed E-state index contributed by atoms with van der Waals surface area (Å²) in [5, 5.41) is 8.54. The second-order valence-corrected chi connectivity index (χ2v) is 2.65. The van der Waals surface area contributed by atoms with E-state index in [2.05, 4.69) is 12.6 Å². The van der Waals surface area contributed by atoms with Crippen molar-refractivity contribution in [3.8, 4) is 6.07 Å². The summed E-state index contributed by atoms with van der Waals surface area (Å²) >= 11 is 0. The summed E-state index contributed by atoms with van der Waals surface area (Å²) in [7, 11) is 1.58. The minimum Gasteiger partial charge on any atom is -0.497 e. The van der Waals surface area contributed by atoms with E-state index in [4.69, 9.17) is 10.00 Å². The van der Waals surface area contributed by atoms with Crippen LogP contribution in [0.1, 0.15) is 20.3 Å². The maximum atomic E-state index is 8.54. The van der Waals surface area contributed by atoms with Crippen molar-refractivity contribution in [3.05, 3.63) is 35.6 Å². The van der Waals surface area contributed by atoms with Gasteiger partial charge in [0.15, 0.2) is 0 Å². The Hall–Kier alpha value is -1.49. The van der Waals surface area contributed by atoms with Crippen LogP contribution in [0, 0.1) is 11.3 Å². The lowest BCUT2D eigenvalue weighted by atomic mass is 10.0. The highest BCUT2D eigenvalue weighted by Crippen LogP contribution is 2.14. The van der Waals surface area contributed by atoms with Gasteiger partial charge in [0.25, 0.3) is 0 Å². The maximum absolute atomic E-state index is 8.54. The first-order valence-corrected chi connectivity index (χ1v) is 4.09. The number of nitriles is 1. The Morgan fingerprint density at radius 2 is 2.23 bits per heavy atom. The zero-order chi connectivity index (χ0) is 10.3. The van der Waals surface area contributed by atoms with Gasteiger partial charge < -0.3 is 4.74 Å². The van der Waals surface area contributed by atoms with Gasteiger partial charge in [0, 0.05) is 0 Å². The molecular weight excluding hydrogens is 162 g/mol. The van der Waals surface area contributed by atoms with Crippen LogP contribution in [0.2, 0.25) is 0 Å². The molecule has 2 nitrogen and oxygen atoms in total. The van der Waals surface area contributed by atoms with E-state index in [0.717, 1.165) is 11.1 Å². The minimum atomic E-state index is 0.426. The lowest BCUT2D eigenvalue weighted by molar-refractivity contribution is 0.308. The molecular formula is C11H15NO. The van der Waals surface area contributed by atoms with E-state index in [1.807, 2.05) is 26.0 Å². The van der Waals surface area contributed by atoms with E-state index in [1.54, 1.807) is 7.11 Å². The van der Waals surface area contributed by atoms with Crippen molar-refractivity contribution in [1.82, 2.24) is 0 Å². The van der Waals surface area contributed by atoms with Gasteiger partial charge in [-0.1, -0.05) is 12.7 Å². The van der Waals surface area contributed by atoms with Crippen molar-refractivity contribution in [2.75, 3.05) is 7.11 Å². The lowest BCUT2D eigenvalue weighted by Crippen LogP contribution is -1.87. The molecule has 0 rings (SSSR count). The molecule has 0 bridgehead atoms. The Bertz CT molecular complexity index is 279. The first-order chi connectivity index (χ1) is 6.15. The Morgan fingerprint density at radius 1 is 1.62 bits per heavy atom. The first-order valence-electron chi connectivity index (χ1n) is 4.09. The van der Waals surface area contributed by atoms with Gasteiger partial charge in [0.2, 0.25) is 0 Å². The third kappa shape index (κ3) is 4.17. The molecule has 0 radical (unpaired) electrons. The molecule has 0 aliphatic rings. The zero-order valence-electron chi connectivity index (χ0n) is 8.42. The number of hydrogen-bond donors (Lipinski definition) is 0. The van der Waals surface area contributed by atoms with Crippen LogP contribution in [0.4, 0.5) is 0 Å². The number of methoxy groups -OCH3 is 1. The third-order valence-corrected chi connectivity index (χ3v) is 1.76. The maximum Gasteiger partial charge on any atom is 0.111 e. The zero-order valence-corrected chi connectivity index (χ0v) is 8.42. The SMILES string of the molecule is C=C(C=C(C)C(=CC)CC#N)OC. The number of nitrogens with zero attached hydrogens (tertiary/aromatic N) is 1. The van der Waals surface area contributed by atoms with Gasteiger partial charge in [-0.2, -0.15) is 5.26 Å². The topological polar surface area (TPSA) is 33.0 Å². The molecule has 70 valence electrons. The molecule has 0 fully saturated rings. The molecule has 13 heavy (non-hydrogen) atoms. The van der Waals surface area contributed by atoms with Gasteiger partial charge in [0.05, 0.1) is 19.6 Å². The number of hydrogen-bond acceptors (Lipinski definition) is 2. The number of rotatable bonds is 4. The Labute approximate surface area is 79.8 Å². The quantitative estimate of drug-likeness (QED) is 0.488. The summed E-state index contributed by atoms with van der Waals surface area (Å²) in [6.07, 6.45) is 4.18. The summed E-state index contributed by atoms with van der Waals surface area (Å²) < 4.78 is 4.91. The minimum absolute atomic E-state index is 0.426. The van der Waals surface area contributed by atoms with Crippen molar-refractivity contribution < 1.29 is 4.74 Å². The van der Waals surface area contributed by atoms with Crippen molar-refractivity contribution in [3.63, 3.8) is 0 Å². The molecule has 0 saturated heterocycles. The Kier molecular flexibility index (Phi) is 5.38. The van der Waals surface area contributed by atoms with E-state index in [9.17, 15) is 0 Å². The molecule has 0 amide bonds. The Balaban J connectivity index is 4.57. The highest BCUT2D eigenvalue weighted by atomic mass is 16.5. The molecule has 0 N–H and O–H groups in total. The second-order valence-electron chi connectivity index (χ2n) is 2.65. The molecule has 0 spiro atoms. The second kappa shape index (κ2) is 6.07. The van der Waals surface area contributed by atoms with Crippen LogP contribution in [0.15, 0.2) is 35.6 Å². The molecule has 0 aromatic heterocycles. The van der Waals surface area contributed by atoms with Crippen LogP contribution in [0.5, 0.6) is 0 Å². The van der Waals surface area contributed by atoms with Crippen molar-refractivity contribution in [2.45, 2.75) is 20.3 Å². The molecule has 0 aromatic rings. The summed E-state index contributed by atoms with van der Waals surface area (Å²) in [5.74, 6) is 0.606. The van der Waals surface area contributed by atoms with E-state index < -0.39 is 0 Å². The number of allylic oxidation sites excluding steroid dienone is 4. The van der Waals surface area contributed by atoms with Gasteiger partial charge in [-0.25, -0.2) is 0 Å². The monoisotopic (exact) mass is 177 g/mol. The largest absolute Gasteiger partial charge is 0.497 e. The van der Waals surface area contributed by atoms with Gasteiger partial charge in [0.1, 0.15) is 5.76 Å². The summed E-state index contributed by atoms with van der Waals surface area (Å²) in [6.45, 7) is 7.54. The average Bonchev–Trinajstić information content (AvgIpc) is 2.13. The van der Waals surface area contributed by atoms with Crippen LogP contribution < -0.4 is 0 Å². The fourth-order valence-corrected chi connectivity index (χ4v) is 0.947. The fraction of sp³-hybridized carbons (Fsp3) is 0.364. The molecule has 0 aliphatic heterocycles. The summed E-state index contributed by atoms with van der Waals surface area (Å²) in [6, 6.07) is 2.11. The van der Waals surface area contributed by atoms with Gasteiger partial charge in [-0.05, 0) is 31.1 Å². The predicted molar refractivity (Wildman–Crippen MR) is 53.9 cm³/mol. The van der Waals surface area contributed by atoms with Crippen LogP contribution in [0.3, 0.4) is 0 Å². The molecule has 0 unspecified atom stereocenters. The van der Waals surface area contributed by atoms with Gasteiger partial charge in [-0.15, -0.1) is 0 Å². The average molecular weight is 177 g/mol. The van der Waals surface area contributed by atoms with Crippen LogP contribution >= 0.6 is 0 Å². The van der Waals surface area contributed by atoms with E-state index in [1.165, 1.54) is 0 Å². The van der Waals surface area contributed by atoms with Crippen molar-refractivity contribution in [1.29, 1.82) is 5.26 Å². The molecule has 0 atom stereocenters. The third-order valence-electron chi connectivity index (χ3n) is 1.76. The molecule has 2 heteroatoms. The standard InChI is InChI=1S/C11H15NO/c1-5-11(6-7-12)9(2)8-10(3)13-4/h5,8H,3,6H2,1-2,4H3. The van der Waals surface area contributed by atoms with E-state index in [-0.39, 0.29) is 0 Å². The molecule has 0 saturated carbocycles. The van der Waals surface area contributed by atoms with Crippen LogP contribution in [-0.2, 0) is 4.74 Å².